The predicted molar refractivity (Wildman–Crippen MR) is 133 cm³/mol. The summed E-state index contributed by atoms with van der Waals surface area (Å²) in [5.74, 6) is 0.352. The molecule has 1 atom stereocenters. The van der Waals surface area contributed by atoms with Crippen LogP contribution in [0.5, 0.6) is 0 Å². The minimum atomic E-state index is -3.80. The number of nitriles is 1. The normalized spacial score (nSPS) is 12.1. The van der Waals surface area contributed by atoms with Gasteiger partial charge in [-0.2, -0.15) is 5.26 Å². The Morgan fingerprint density at radius 2 is 1.82 bits per heavy atom. The molecule has 0 bridgehead atoms. The molecule has 0 spiro atoms. The molecule has 2 heterocycles. The Labute approximate surface area is 203 Å². The molecule has 0 fully saturated rings. The van der Waals surface area contributed by atoms with Crippen molar-refractivity contribution in [3.63, 3.8) is 0 Å². The third kappa shape index (κ3) is 6.79. The van der Waals surface area contributed by atoms with E-state index in [-0.39, 0.29) is 16.6 Å². The van der Waals surface area contributed by atoms with Crippen LogP contribution in [0.3, 0.4) is 0 Å². The Morgan fingerprint density at radius 3 is 2.44 bits per heavy atom. The lowest BCUT2D eigenvalue weighted by atomic mass is 10.1. The van der Waals surface area contributed by atoms with E-state index in [0.29, 0.717) is 22.2 Å². The summed E-state index contributed by atoms with van der Waals surface area (Å²) < 4.78 is 27.5. The van der Waals surface area contributed by atoms with Gasteiger partial charge in [0.05, 0.1) is 15.7 Å². The van der Waals surface area contributed by atoms with Gasteiger partial charge in [-0.1, -0.05) is 31.7 Å². The molecule has 0 saturated carbocycles. The van der Waals surface area contributed by atoms with Gasteiger partial charge in [0.1, 0.15) is 16.9 Å². The Morgan fingerprint density at radius 1 is 1.09 bits per heavy atom. The number of aromatic nitrogens is 2. The Balaban J connectivity index is 1.66. The number of hydrogen-bond acceptors (Lipinski definition) is 7. The largest absolute Gasteiger partial charge is 0.325 e. The van der Waals surface area contributed by atoms with Gasteiger partial charge in [-0.15, -0.1) is 0 Å². The highest BCUT2D eigenvalue weighted by molar-refractivity contribution is 8.00. The van der Waals surface area contributed by atoms with Crippen molar-refractivity contribution in [3.8, 4) is 6.07 Å². The Kier molecular flexibility index (Phi) is 8.26. The lowest BCUT2D eigenvalue weighted by Gasteiger charge is -2.14. The van der Waals surface area contributed by atoms with Crippen LogP contribution in [0.4, 0.5) is 11.5 Å². The zero-order valence-electron chi connectivity index (χ0n) is 19.0. The van der Waals surface area contributed by atoms with Crippen LogP contribution in [0.25, 0.3) is 0 Å². The van der Waals surface area contributed by atoms with Gasteiger partial charge in [0.15, 0.2) is 0 Å². The SMILES string of the molecule is CC(C)Cc1ccc(C#N)c(SC(C)C(=O)Nc2ccc(S(=O)(=O)Nc3ccccn3)cc2)n1. The molecule has 1 aromatic carbocycles. The first-order valence-electron chi connectivity index (χ1n) is 10.6. The second-order valence-electron chi connectivity index (χ2n) is 7.96. The zero-order chi connectivity index (χ0) is 24.7. The van der Waals surface area contributed by atoms with Crippen molar-refractivity contribution in [1.82, 2.24) is 9.97 Å². The van der Waals surface area contributed by atoms with E-state index in [1.165, 1.54) is 42.2 Å². The zero-order valence-corrected chi connectivity index (χ0v) is 20.7. The van der Waals surface area contributed by atoms with E-state index in [2.05, 4.69) is 39.9 Å². The fourth-order valence-corrected chi connectivity index (χ4v) is 4.91. The van der Waals surface area contributed by atoms with E-state index in [1.807, 2.05) is 6.07 Å². The first kappa shape index (κ1) is 25.2. The van der Waals surface area contributed by atoms with E-state index in [0.717, 1.165) is 12.1 Å². The summed E-state index contributed by atoms with van der Waals surface area (Å²) in [5.41, 5.74) is 1.75. The molecular weight excluding hydrogens is 470 g/mol. The van der Waals surface area contributed by atoms with Crippen LogP contribution in [0.1, 0.15) is 32.0 Å². The average Bonchev–Trinajstić information content (AvgIpc) is 2.79. The summed E-state index contributed by atoms with van der Waals surface area (Å²) in [4.78, 5) is 21.3. The number of rotatable bonds is 9. The molecule has 1 amide bonds. The summed E-state index contributed by atoms with van der Waals surface area (Å²) in [6.07, 6.45) is 2.27. The quantitative estimate of drug-likeness (QED) is 0.420. The molecule has 8 nitrogen and oxygen atoms in total. The minimum Gasteiger partial charge on any atom is -0.325 e. The predicted octanol–water partition coefficient (Wildman–Crippen LogP) is 4.47. The number of sulfonamides is 1. The summed E-state index contributed by atoms with van der Waals surface area (Å²) >= 11 is 1.21. The second kappa shape index (κ2) is 11.1. The maximum Gasteiger partial charge on any atom is 0.263 e. The monoisotopic (exact) mass is 495 g/mol. The highest BCUT2D eigenvalue weighted by atomic mass is 32.2. The maximum absolute atomic E-state index is 12.7. The van der Waals surface area contributed by atoms with Gasteiger partial charge in [-0.3, -0.25) is 9.52 Å². The molecule has 1 unspecified atom stereocenters. The van der Waals surface area contributed by atoms with Crippen LogP contribution in [0.2, 0.25) is 0 Å². The molecule has 0 aliphatic heterocycles. The summed E-state index contributed by atoms with van der Waals surface area (Å²) in [6.45, 7) is 5.91. The van der Waals surface area contributed by atoms with Crippen LogP contribution in [-0.4, -0.2) is 29.5 Å². The topological polar surface area (TPSA) is 125 Å². The molecule has 3 aromatic rings. The van der Waals surface area contributed by atoms with Gasteiger partial charge in [0.2, 0.25) is 5.91 Å². The fourth-order valence-electron chi connectivity index (χ4n) is 2.99. The van der Waals surface area contributed by atoms with Crippen LogP contribution in [0, 0.1) is 17.2 Å². The number of nitrogens with one attached hydrogen (secondary N) is 2. The summed E-state index contributed by atoms with van der Waals surface area (Å²) in [7, 11) is -3.80. The smallest absolute Gasteiger partial charge is 0.263 e. The first-order valence-corrected chi connectivity index (χ1v) is 13.0. The van der Waals surface area contributed by atoms with Crippen molar-refractivity contribution in [1.29, 1.82) is 5.26 Å². The van der Waals surface area contributed by atoms with Crippen molar-refractivity contribution < 1.29 is 13.2 Å². The molecule has 0 aliphatic carbocycles. The molecule has 2 N–H and O–H groups in total. The number of thioether (sulfide) groups is 1. The highest BCUT2D eigenvalue weighted by Crippen LogP contribution is 2.27. The van der Waals surface area contributed by atoms with Gasteiger partial charge in [0.25, 0.3) is 10.0 Å². The number of anilines is 2. The van der Waals surface area contributed by atoms with Gasteiger partial charge >= 0.3 is 0 Å². The van der Waals surface area contributed by atoms with Crippen LogP contribution in [-0.2, 0) is 21.2 Å². The Hall–Kier alpha value is -3.42. The Bertz CT molecular complexity index is 1290. The fraction of sp³-hybridized carbons (Fsp3) is 0.250. The lowest BCUT2D eigenvalue weighted by Crippen LogP contribution is -2.22. The van der Waals surface area contributed by atoms with Crippen molar-refractivity contribution in [2.75, 3.05) is 10.0 Å². The van der Waals surface area contributed by atoms with Crippen LogP contribution < -0.4 is 10.0 Å². The molecule has 3 rings (SSSR count). The van der Waals surface area contributed by atoms with Crippen molar-refractivity contribution in [2.24, 2.45) is 5.92 Å². The molecular formula is C24H25N5O3S2. The molecule has 2 aromatic heterocycles. The number of pyridine rings is 2. The minimum absolute atomic E-state index is 0.0448. The molecule has 10 heteroatoms. The van der Waals surface area contributed by atoms with Gasteiger partial charge in [-0.05, 0) is 67.8 Å². The van der Waals surface area contributed by atoms with Crippen LogP contribution >= 0.6 is 11.8 Å². The first-order chi connectivity index (χ1) is 16.2. The van der Waals surface area contributed by atoms with Gasteiger partial charge < -0.3 is 5.32 Å². The van der Waals surface area contributed by atoms with Crippen LogP contribution in [0.15, 0.2) is 70.7 Å². The number of amides is 1. The highest BCUT2D eigenvalue weighted by Gasteiger charge is 2.19. The van der Waals surface area contributed by atoms with E-state index in [4.69, 9.17) is 0 Å². The molecule has 0 saturated heterocycles. The van der Waals surface area contributed by atoms with Crippen molar-refractivity contribution >= 4 is 39.2 Å². The number of benzene rings is 1. The molecule has 0 radical (unpaired) electrons. The third-order valence-corrected chi connectivity index (χ3v) is 7.12. The summed E-state index contributed by atoms with van der Waals surface area (Å²) in [5, 5.41) is 12.2. The third-order valence-electron chi connectivity index (χ3n) is 4.65. The maximum atomic E-state index is 12.7. The number of carbonyl (C=O) groups is 1. The second-order valence-corrected chi connectivity index (χ2v) is 11.0. The summed E-state index contributed by atoms with van der Waals surface area (Å²) in [6, 6.07) is 16.5. The van der Waals surface area contributed by atoms with Gasteiger partial charge in [-0.25, -0.2) is 18.4 Å². The van der Waals surface area contributed by atoms with Crippen molar-refractivity contribution in [3.05, 3.63) is 72.1 Å². The number of carbonyl (C=O) groups excluding carboxylic acids is 1. The molecule has 0 aliphatic rings. The van der Waals surface area contributed by atoms with Crippen molar-refractivity contribution in [2.45, 2.75) is 42.4 Å². The number of hydrogen-bond donors (Lipinski definition) is 2. The van der Waals surface area contributed by atoms with E-state index in [1.54, 1.807) is 31.2 Å². The average molecular weight is 496 g/mol. The lowest BCUT2D eigenvalue weighted by molar-refractivity contribution is -0.115. The van der Waals surface area contributed by atoms with Gasteiger partial charge in [0, 0.05) is 17.6 Å². The standard InChI is InChI=1S/C24H25N5O3S2/c1-16(2)14-20-8-7-18(15-25)24(28-20)33-17(3)23(30)27-19-9-11-21(12-10-19)34(31,32)29-22-6-4-5-13-26-22/h4-13,16-17H,14H2,1-3H3,(H,26,29)(H,27,30). The van der Waals surface area contributed by atoms with E-state index < -0.39 is 15.3 Å². The molecule has 34 heavy (non-hydrogen) atoms. The number of nitrogens with zero attached hydrogens (tertiary/aromatic N) is 3. The van der Waals surface area contributed by atoms with E-state index >= 15 is 0 Å². The molecule has 176 valence electrons. The van der Waals surface area contributed by atoms with E-state index in [9.17, 15) is 18.5 Å².